The molecule has 0 radical (unpaired) electrons. The maximum absolute atomic E-state index is 12.3. The van der Waals surface area contributed by atoms with Crippen LogP contribution in [0.2, 0.25) is 5.02 Å². The van der Waals surface area contributed by atoms with Crippen LogP contribution in [0.1, 0.15) is 5.56 Å². The van der Waals surface area contributed by atoms with E-state index in [0.29, 0.717) is 10.6 Å². The molecule has 0 atom stereocenters. The number of esters is 1. The predicted octanol–water partition coefficient (Wildman–Crippen LogP) is 2.28. The minimum absolute atomic E-state index is 0.0690. The Morgan fingerprint density at radius 3 is 2.48 bits per heavy atom. The molecule has 0 heterocycles. The zero-order chi connectivity index (χ0) is 20.0. The minimum atomic E-state index is -4.31. The van der Waals surface area contributed by atoms with Crippen molar-refractivity contribution in [2.75, 3.05) is 13.7 Å². The molecule has 0 aromatic heterocycles. The van der Waals surface area contributed by atoms with Crippen LogP contribution in [0.4, 0.5) is 5.69 Å². The van der Waals surface area contributed by atoms with Gasteiger partial charge in [0.15, 0.2) is 4.90 Å². The van der Waals surface area contributed by atoms with Gasteiger partial charge in [0.05, 0.1) is 18.1 Å². The summed E-state index contributed by atoms with van der Waals surface area (Å²) in [6, 6.07) is 9.82. The Hall–Kier alpha value is -2.69. The molecule has 27 heavy (non-hydrogen) atoms. The van der Waals surface area contributed by atoms with Gasteiger partial charge in [0.1, 0.15) is 18.9 Å². The Morgan fingerprint density at radius 1 is 1.22 bits per heavy atom. The molecule has 0 aliphatic heterocycles. The lowest BCUT2D eigenvalue weighted by Crippen LogP contribution is -2.31. The number of carbonyl (C=O) groups is 1. The summed E-state index contributed by atoms with van der Waals surface area (Å²) in [7, 11) is -3.02. The fourth-order valence-corrected chi connectivity index (χ4v) is 3.27. The highest BCUT2D eigenvalue weighted by molar-refractivity contribution is 7.89. The van der Waals surface area contributed by atoms with E-state index in [4.69, 9.17) is 21.1 Å². The van der Waals surface area contributed by atoms with E-state index in [1.54, 1.807) is 24.3 Å². The van der Waals surface area contributed by atoms with Gasteiger partial charge in [0, 0.05) is 5.02 Å². The number of sulfonamides is 1. The van der Waals surface area contributed by atoms with Crippen molar-refractivity contribution in [1.82, 2.24) is 4.72 Å². The van der Waals surface area contributed by atoms with Gasteiger partial charge in [-0.1, -0.05) is 23.7 Å². The number of methoxy groups -OCH3 is 1. The van der Waals surface area contributed by atoms with E-state index in [9.17, 15) is 23.3 Å². The number of nitrogens with one attached hydrogen (secondary N) is 1. The molecule has 2 aromatic rings. The first-order valence-electron chi connectivity index (χ1n) is 7.45. The van der Waals surface area contributed by atoms with Crippen LogP contribution in [-0.4, -0.2) is 33.0 Å². The smallest absolute Gasteiger partial charge is 0.321 e. The van der Waals surface area contributed by atoms with Crippen molar-refractivity contribution in [3.63, 3.8) is 0 Å². The molecule has 2 aromatic carbocycles. The van der Waals surface area contributed by atoms with Crippen LogP contribution >= 0.6 is 11.6 Å². The normalized spacial score (nSPS) is 11.0. The largest absolute Gasteiger partial charge is 0.497 e. The summed E-state index contributed by atoms with van der Waals surface area (Å²) < 4.78 is 36.4. The van der Waals surface area contributed by atoms with Gasteiger partial charge >= 0.3 is 5.97 Å². The number of hydrogen-bond acceptors (Lipinski definition) is 7. The van der Waals surface area contributed by atoms with Crippen molar-refractivity contribution in [2.45, 2.75) is 11.5 Å². The maximum Gasteiger partial charge on any atom is 0.321 e. The topological polar surface area (TPSA) is 125 Å². The molecule has 0 spiro atoms. The van der Waals surface area contributed by atoms with Gasteiger partial charge < -0.3 is 9.47 Å². The van der Waals surface area contributed by atoms with E-state index in [-0.39, 0.29) is 12.4 Å². The van der Waals surface area contributed by atoms with Crippen molar-refractivity contribution in [3.8, 4) is 5.75 Å². The maximum atomic E-state index is 12.3. The highest BCUT2D eigenvalue weighted by Gasteiger charge is 2.27. The summed E-state index contributed by atoms with van der Waals surface area (Å²) in [6.07, 6.45) is 0. The fraction of sp³-hybridized carbons (Fsp3) is 0.188. The highest BCUT2D eigenvalue weighted by atomic mass is 35.5. The van der Waals surface area contributed by atoms with Crippen LogP contribution in [0.25, 0.3) is 0 Å². The van der Waals surface area contributed by atoms with Gasteiger partial charge in [-0.3, -0.25) is 14.9 Å². The van der Waals surface area contributed by atoms with Crippen LogP contribution < -0.4 is 9.46 Å². The Balaban J connectivity index is 2.02. The number of halogens is 1. The zero-order valence-corrected chi connectivity index (χ0v) is 15.6. The molecule has 144 valence electrons. The molecule has 0 saturated carbocycles. The Labute approximate surface area is 160 Å². The van der Waals surface area contributed by atoms with E-state index in [0.717, 1.165) is 12.1 Å². The van der Waals surface area contributed by atoms with Gasteiger partial charge in [-0.15, -0.1) is 0 Å². The molecule has 0 fully saturated rings. The number of nitro benzene ring substituents is 1. The summed E-state index contributed by atoms with van der Waals surface area (Å²) in [5, 5.41) is 11.6. The number of rotatable bonds is 8. The lowest BCUT2D eigenvalue weighted by atomic mass is 10.2. The average molecular weight is 415 g/mol. The van der Waals surface area contributed by atoms with Crippen LogP contribution in [0.15, 0.2) is 47.4 Å². The summed E-state index contributed by atoms with van der Waals surface area (Å²) in [5.41, 5.74) is -0.00205. The van der Waals surface area contributed by atoms with Crippen LogP contribution in [0, 0.1) is 10.1 Å². The summed E-state index contributed by atoms with van der Waals surface area (Å²) in [6.45, 7) is -0.750. The third kappa shape index (κ3) is 5.64. The molecule has 0 bridgehead atoms. The van der Waals surface area contributed by atoms with Crippen molar-refractivity contribution < 1.29 is 27.6 Å². The van der Waals surface area contributed by atoms with Crippen LogP contribution in [0.3, 0.4) is 0 Å². The first kappa shape index (κ1) is 20.6. The molecule has 9 nitrogen and oxygen atoms in total. The Kier molecular flexibility index (Phi) is 6.72. The molecule has 0 aliphatic rings. The lowest BCUT2D eigenvalue weighted by molar-refractivity contribution is -0.387. The molecule has 0 saturated heterocycles. The van der Waals surface area contributed by atoms with E-state index < -0.39 is 38.0 Å². The van der Waals surface area contributed by atoms with Crippen LogP contribution in [0.5, 0.6) is 5.75 Å². The zero-order valence-electron chi connectivity index (χ0n) is 14.0. The van der Waals surface area contributed by atoms with E-state index in [1.807, 2.05) is 4.72 Å². The first-order chi connectivity index (χ1) is 12.7. The monoisotopic (exact) mass is 414 g/mol. The SMILES string of the molecule is COc1ccc(S(=O)(=O)NCC(=O)OCc2ccc(Cl)cc2)c([N+](=O)[O-])c1. The van der Waals surface area contributed by atoms with E-state index in [1.165, 1.54) is 13.2 Å². The number of nitrogens with zero attached hydrogens (tertiary/aromatic N) is 1. The second-order valence-electron chi connectivity index (χ2n) is 5.20. The first-order valence-corrected chi connectivity index (χ1v) is 9.31. The van der Waals surface area contributed by atoms with Crippen molar-refractivity contribution in [1.29, 1.82) is 0 Å². The van der Waals surface area contributed by atoms with Crippen molar-refractivity contribution >= 4 is 33.3 Å². The lowest BCUT2D eigenvalue weighted by Gasteiger charge is -2.09. The Bertz CT molecular complexity index is 946. The number of carbonyl (C=O) groups excluding carboxylic acids is 1. The average Bonchev–Trinajstić information content (AvgIpc) is 2.65. The molecule has 11 heteroatoms. The van der Waals surface area contributed by atoms with Gasteiger partial charge in [-0.25, -0.2) is 8.42 Å². The number of ether oxygens (including phenoxy) is 2. The third-order valence-electron chi connectivity index (χ3n) is 3.37. The summed E-state index contributed by atoms with van der Waals surface area (Å²) >= 11 is 5.75. The molecule has 2 rings (SSSR count). The fourth-order valence-electron chi connectivity index (χ4n) is 2.02. The van der Waals surface area contributed by atoms with Gasteiger partial charge in [0.25, 0.3) is 5.69 Å². The Morgan fingerprint density at radius 2 is 1.89 bits per heavy atom. The molecule has 0 unspecified atom stereocenters. The molecule has 1 N–H and O–H groups in total. The van der Waals surface area contributed by atoms with E-state index in [2.05, 4.69) is 0 Å². The van der Waals surface area contributed by atoms with Crippen LogP contribution in [-0.2, 0) is 26.2 Å². The molecule has 0 amide bonds. The summed E-state index contributed by atoms with van der Waals surface area (Å²) in [4.78, 5) is 21.4. The van der Waals surface area contributed by atoms with Gasteiger partial charge in [-0.05, 0) is 29.8 Å². The third-order valence-corrected chi connectivity index (χ3v) is 5.07. The second kappa shape index (κ2) is 8.80. The standard InChI is InChI=1S/C16H15ClN2O7S/c1-25-13-6-7-15(14(8-13)19(21)22)27(23,24)18-9-16(20)26-10-11-2-4-12(17)5-3-11/h2-8,18H,9-10H2,1H3. The number of hydrogen-bond donors (Lipinski definition) is 1. The number of benzene rings is 2. The highest BCUT2D eigenvalue weighted by Crippen LogP contribution is 2.28. The summed E-state index contributed by atoms with van der Waals surface area (Å²) in [5.74, 6) is -0.715. The molecular formula is C16H15ClN2O7S. The second-order valence-corrected chi connectivity index (χ2v) is 7.37. The van der Waals surface area contributed by atoms with E-state index >= 15 is 0 Å². The molecular weight excluding hydrogens is 400 g/mol. The van der Waals surface area contributed by atoms with Gasteiger partial charge in [0.2, 0.25) is 10.0 Å². The van der Waals surface area contributed by atoms with Crippen molar-refractivity contribution in [3.05, 3.63) is 63.2 Å². The van der Waals surface area contributed by atoms with Gasteiger partial charge in [-0.2, -0.15) is 4.72 Å². The van der Waals surface area contributed by atoms with Crippen molar-refractivity contribution in [2.24, 2.45) is 0 Å². The predicted molar refractivity (Wildman–Crippen MR) is 96.1 cm³/mol. The quantitative estimate of drug-likeness (QED) is 0.399. The number of nitro groups is 1. The minimum Gasteiger partial charge on any atom is -0.497 e. The molecule has 0 aliphatic carbocycles.